The molecule has 0 atom stereocenters. The SMILES string of the molecule is O=C(COCc1ccccc1)Nc1cc(C(F)(F)F)ccc1N1CCCCC1. The number of halogens is 3. The summed E-state index contributed by atoms with van der Waals surface area (Å²) in [6, 6.07) is 12.9. The normalized spacial score (nSPS) is 14.8. The Balaban J connectivity index is 1.69. The highest BCUT2D eigenvalue weighted by molar-refractivity contribution is 5.95. The first-order valence-electron chi connectivity index (χ1n) is 9.31. The Kier molecular flexibility index (Phi) is 6.57. The lowest BCUT2D eigenvalue weighted by molar-refractivity contribution is -0.137. The molecule has 3 rings (SSSR count). The summed E-state index contributed by atoms with van der Waals surface area (Å²) in [6.45, 7) is 1.55. The molecule has 0 unspecified atom stereocenters. The molecule has 0 aromatic heterocycles. The van der Waals surface area contributed by atoms with Crippen LogP contribution in [0.5, 0.6) is 0 Å². The molecule has 2 aromatic carbocycles. The Hall–Kier alpha value is -2.54. The van der Waals surface area contributed by atoms with Crippen LogP contribution in [-0.2, 0) is 22.3 Å². The highest BCUT2D eigenvalue weighted by Crippen LogP contribution is 2.36. The molecule has 1 N–H and O–H groups in total. The number of rotatable bonds is 6. The number of nitrogens with zero attached hydrogens (tertiary/aromatic N) is 1. The van der Waals surface area contributed by atoms with E-state index in [4.69, 9.17) is 4.74 Å². The molecular weight excluding hydrogens is 369 g/mol. The smallest absolute Gasteiger partial charge is 0.370 e. The fraction of sp³-hybridized carbons (Fsp3) is 0.381. The van der Waals surface area contributed by atoms with E-state index in [1.54, 1.807) is 0 Å². The van der Waals surface area contributed by atoms with Gasteiger partial charge in [0.1, 0.15) is 6.61 Å². The molecule has 1 aliphatic rings. The van der Waals surface area contributed by atoms with E-state index in [9.17, 15) is 18.0 Å². The van der Waals surface area contributed by atoms with Crippen LogP contribution in [0.2, 0.25) is 0 Å². The quantitative estimate of drug-likeness (QED) is 0.764. The number of benzene rings is 2. The van der Waals surface area contributed by atoms with Gasteiger partial charge in [0.05, 0.1) is 23.5 Å². The van der Waals surface area contributed by atoms with Crippen LogP contribution in [0.25, 0.3) is 0 Å². The van der Waals surface area contributed by atoms with Crippen molar-refractivity contribution in [3.63, 3.8) is 0 Å². The van der Waals surface area contributed by atoms with Crippen molar-refractivity contribution in [2.75, 3.05) is 29.9 Å². The predicted octanol–water partition coefficient (Wildman–Crippen LogP) is 4.85. The number of alkyl halides is 3. The maximum Gasteiger partial charge on any atom is 0.416 e. The number of piperidine rings is 1. The molecule has 2 aromatic rings. The van der Waals surface area contributed by atoms with Crippen molar-refractivity contribution in [2.45, 2.75) is 32.0 Å². The third-order valence-electron chi connectivity index (χ3n) is 4.64. The van der Waals surface area contributed by atoms with Crippen molar-refractivity contribution >= 4 is 17.3 Å². The van der Waals surface area contributed by atoms with E-state index in [-0.39, 0.29) is 18.9 Å². The average Bonchev–Trinajstić information content (AvgIpc) is 2.69. The highest BCUT2D eigenvalue weighted by atomic mass is 19.4. The molecule has 1 amide bonds. The second kappa shape index (κ2) is 9.10. The number of anilines is 2. The van der Waals surface area contributed by atoms with Crippen molar-refractivity contribution in [1.82, 2.24) is 0 Å². The van der Waals surface area contributed by atoms with Gasteiger partial charge in [-0.15, -0.1) is 0 Å². The number of hydrogen-bond donors (Lipinski definition) is 1. The lowest BCUT2D eigenvalue weighted by Gasteiger charge is -2.31. The molecule has 4 nitrogen and oxygen atoms in total. The minimum Gasteiger partial charge on any atom is -0.370 e. The van der Waals surface area contributed by atoms with Gasteiger partial charge >= 0.3 is 6.18 Å². The molecule has 150 valence electrons. The van der Waals surface area contributed by atoms with Gasteiger partial charge in [-0.1, -0.05) is 30.3 Å². The summed E-state index contributed by atoms with van der Waals surface area (Å²) in [5, 5.41) is 2.60. The number of carbonyl (C=O) groups excluding carboxylic acids is 1. The second-order valence-electron chi connectivity index (χ2n) is 6.80. The molecular formula is C21H23F3N2O2. The monoisotopic (exact) mass is 392 g/mol. The Morgan fingerprint density at radius 1 is 1.04 bits per heavy atom. The molecule has 0 saturated carbocycles. The van der Waals surface area contributed by atoms with Gasteiger partial charge in [-0.25, -0.2) is 0 Å². The van der Waals surface area contributed by atoms with Crippen molar-refractivity contribution < 1.29 is 22.7 Å². The standard InChI is InChI=1S/C21H23F3N2O2/c22-21(23,24)17-9-10-19(26-11-5-2-6-12-26)18(13-17)25-20(27)15-28-14-16-7-3-1-4-8-16/h1,3-4,7-10,13H,2,5-6,11-12,14-15H2,(H,25,27). The van der Waals surface area contributed by atoms with Crippen LogP contribution in [0.4, 0.5) is 24.5 Å². The molecule has 1 heterocycles. The minimum absolute atomic E-state index is 0.171. The Labute approximate surface area is 162 Å². The van der Waals surface area contributed by atoms with E-state index >= 15 is 0 Å². The third-order valence-corrected chi connectivity index (χ3v) is 4.64. The summed E-state index contributed by atoms with van der Waals surface area (Å²) in [4.78, 5) is 14.3. The molecule has 0 bridgehead atoms. The largest absolute Gasteiger partial charge is 0.416 e. The maximum atomic E-state index is 13.1. The molecule has 1 aliphatic heterocycles. The summed E-state index contributed by atoms with van der Waals surface area (Å²) >= 11 is 0. The van der Waals surface area contributed by atoms with Crippen LogP contribution in [0, 0.1) is 0 Å². The van der Waals surface area contributed by atoms with Crippen LogP contribution in [0.15, 0.2) is 48.5 Å². The van der Waals surface area contributed by atoms with Crippen LogP contribution in [0.3, 0.4) is 0 Å². The molecule has 0 aliphatic carbocycles. The number of carbonyl (C=O) groups is 1. The summed E-state index contributed by atoms with van der Waals surface area (Å²) < 4.78 is 44.7. The van der Waals surface area contributed by atoms with Crippen molar-refractivity contribution in [3.8, 4) is 0 Å². The number of nitrogens with one attached hydrogen (secondary N) is 1. The molecule has 0 radical (unpaired) electrons. The number of amides is 1. The van der Waals surface area contributed by atoms with E-state index < -0.39 is 17.6 Å². The predicted molar refractivity (Wildman–Crippen MR) is 102 cm³/mol. The Morgan fingerprint density at radius 2 is 1.75 bits per heavy atom. The summed E-state index contributed by atoms with van der Waals surface area (Å²) in [5.41, 5.74) is 0.922. The molecule has 1 fully saturated rings. The number of ether oxygens (including phenoxy) is 1. The van der Waals surface area contributed by atoms with Crippen molar-refractivity contribution in [1.29, 1.82) is 0 Å². The van der Waals surface area contributed by atoms with Gasteiger partial charge in [0.2, 0.25) is 5.91 Å². The molecule has 28 heavy (non-hydrogen) atoms. The van der Waals surface area contributed by atoms with Gasteiger partial charge in [-0.3, -0.25) is 4.79 Å². The van der Waals surface area contributed by atoms with Crippen LogP contribution in [-0.4, -0.2) is 25.6 Å². The van der Waals surface area contributed by atoms with Gasteiger partial charge in [-0.05, 0) is 43.0 Å². The number of hydrogen-bond acceptors (Lipinski definition) is 3. The topological polar surface area (TPSA) is 41.6 Å². The zero-order chi connectivity index (χ0) is 20.0. The lowest BCUT2D eigenvalue weighted by atomic mass is 10.1. The zero-order valence-corrected chi connectivity index (χ0v) is 15.5. The van der Waals surface area contributed by atoms with Crippen LogP contribution >= 0.6 is 0 Å². The summed E-state index contributed by atoms with van der Waals surface area (Å²) in [5.74, 6) is -0.478. The molecule has 1 saturated heterocycles. The van der Waals surface area contributed by atoms with Gasteiger partial charge in [0.25, 0.3) is 0 Å². The van der Waals surface area contributed by atoms with Crippen molar-refractivity contribution in [2.24, 2.45) is 0 Å². The highest BCUT2D eigenvalue weighted by Gasteiger charge is 2.31. The van der Waals surface area contributed by atoms with E-state index in [2.05, 4.69) is 5.32 Å². The Bertz CT molecular complexity index is 788. The van der Waals surface area contributed by atoms with Crippen molar-refractivity contribution in [3.05, 3.63) is 59.7 Å². The zero-order valence-electron chi connectivity index (χ0n) is 15.5. The third kappa shape index (κ3) is 5.48. The first-order chi connectivity index (χ1) is 13.4. The van der Waals surface area contributed by atoms with E-state index in [0.29, 0.717) is 5.69 Å². The first kappa shape index (κ1) is 20.2. The minimum atomic E-state index is -4.47. The van der Waals surface area contributed by atoms with Gasteiger partial charge in [-0.2, -0.15) is 13.2 Å². The van der Waals surface area contributed by atoms with Gasteiger partial charge in [0, 0.05) is 13.1 Å². The second-order valence-corrected chi connectivity index (χ2v) is 6.80. The van der Waals surface area contributed by atoms with Gasteiger partial charge < -0.3 is 15.0 Å². The van der Waals surface area contributed by atoms with Crippen LogP contribution in [0.1, 0.15) is 30.4 Å². The summed E-state index contributed by atoms with van der Waals surface area (Å²) in [7, 11) is 0. The van der Waals surface area contributed by atoms with Crippen LogP contribution < -0.4 is 10.2 Å². The summed E-state index contributed by atoms with van der Waals surface area (Å²) in [6.07, 6.45) is -1.40. The van der Waals surface area contributed by atoms with E-state index in [0.717, 1.165) is 50.0 Å². The molecule has 0 spiro atoms. The fourth-order valence-electron chi connectivity index (χ4n) is 3.25. The lowest BCUT2D eigenvalue weighted by Crippen LogP contribution is -2.31. The maximum absolute atomic E-state index is 13.1. The molecule has 7 heteroatoms. The first-order valence-corrected chi connectivity index (χ1v) is 9.31. The van der Waals surface area contributed by atoms with E-state index in [1.165, 1.54) is 6.07 Å². The van der Waals surface area contributed by atoms with Gasteiger partial charge in [0.15, 0.2) is 0 Å². The van der Waals surface area contributed by atoms with E-state index in [1.807, 2.05) is 35.2 Å². The average molecular weight is 392 g/mol. The Morgan fingerprint density at radius 3 is 2.43 bits per heavy atom. The fourth-order valence-corrected chi connectivity index (χ4v) is 3.25.